The molecule has 0 aromatic heterocycles. The molecule has 0 atom stereocenters. The van der Waals surface area contributed by atoms with Gasteiger partial charge in [0.05, 0.1) is 0 Å². The van der Waals surface area contributed by atoms with E-state index in [-0.39, 0.29) is 52.1 Å². The Morgan fingerprint density at radius 2 is 1.52 bits per heavy atom. The van der Waals surface area contributed by atoms with Crippen LogP contribution in [-0.2, 0) is 21.7 Å². The second-order valence-electron chi connectivity index (χ2n) is 6.32. The molecule has 1 aromatic carbocycles. The Hall–Kier alpha value is -0.176. The Morgan fingerprint density at radius 1 is 1.04 bits per heavy atom. The van der Waals surface area contributed by atoms with Crippen molar-refractivity contribution in [2.24, 2.45) is 0 Å². The van der Waals surface area contributed by atoms with Crippen molar-refractivity contribution < 1.29 is 46.5 Å². The third-order valence-electron chi connectivity index (χ3n) is 3.25. The summed E-state index contributed by atoms with van der Waals surface area (Å²) in [6, 6.07) is 8.63. The number of halogens is 2. The molecule has 128 valence electrons. The van der Waals surface area contributed by atoms with Crippen molar-refractivity contribution in [3.63, 3.8) is 0 Å². The van der Waals surface area contributed by atoms with Crippen LogP contribution in [0.15, 0.2) is 41.5 Å². The standard InChI is InChI=1S/C15H17.C4H10N.2ClH.Ti/c1-4-13-7-5-6-8-15(13)14-10-9-11(2)12(14)3;1-4(2,3)5;;;/h4-9H,10H2,1-3H3;5H,1-3H3;2*1H;/q2*-1;;;+2/p-2. The van der Waals surface area contributed by atoms with E-state index in [2.05, 4.69) is 57.5 Å². The Labute approximate surface area is 169 Å². The molecule has 1 aliphatic carbocycles. The quantitative estimate of drug-likeness (QED) is 0.512. The van der Waals surface area contributed by atoms with Crippen LogP contribution in [0.1, 0.15) is 59.1 Å². The Balaban J connectivity index is -0.000000444. The molecule has 1 aliphatic rings. The topological polar surface area (TPSA) is 23.8 Å². The molecule has 0 aliphatic heterocycles. The Kier molecular flexibility index (Phi) is 14.7. The zero-order chi connectivity index (χ0) is 15.3. The van der Waals surface area contributed by atoms with Crippen LogP contribution < -0.4 is 24.8 Å². The van der Waals surface area contributed by atoms with Crippen LogP contribution in [0.4, 0.5) is 0 Å². The van der Waals surface area contributed by atoms with Crippen LogP contribution in [0.2, 0.25) is 0 Å². The van der Waals surface area contributed by atoms with E-state index in [4.69, 9.17) is 5.73 Å². The molecule has 0 bridgehead atoms. The normalized spacial score (nSPS) is 12.7. The monoisotopic (exact) mass is 387 g/mol. The van der Waals surface area contributed by atoms with Crippen molar-refractivity contribution in [2.45, 2.75) is 53.5 Å². The first-order chi connectivity index (χ1) is 9.24. The third kappa shape index (κ3) is 9.64. The van der Waals surface area contributed by atoms with E-state index < -0.39 is 0 Å². The molecular weight excluding hydrogens is 361 g/mol. The maximum Gasteiger partial charge on any atom is 2.00 e. The fraction of sp³-hybridized carbons (Fsp3) is 0.421. The fourth-order valence-corrected chi connectivity index (χ4v) is 2.13. The number of nitrogens with one attached hydrogen (secondary N) is 1. The zero-order valence-electron chi connectivity index (χ0n) is 14.9. The first-order valence-corrected chi connectivity index (χ1v) is 7.24. The van der Waals surface area contributed by atoms with E-state index in [1.807, 2.05) is 20.8 Å². The first kappa shape index (κ1) is 27.7. The van der Waals surface area contributed by atoms with Gasteiger partial charge in [-0.05, 0) is 20.3 Å². The van der Waals surface area contributed by atoms with Crippen LogP contribution in [0, 0.1) is 6.42 Å². The summed E-state index contributed by atoms with van der Waals surface area (Å²) in [5.41, 5.74) is 13.8. The summed E-state index contributed by atoms with van der Waals surface area (Å²) in [5.74, 6) is 0. The summed E-state index contributed by atoms with van der Waals surface area (Å²) in [6.45, 7) is 12.1. The molecule has 0 saturated carbocycles. The summed E-state index contributed by atoms with van der Waals surface area (Å²) in [4.78, 5) is 0. The summed E-state index contributed by atoms with van der Waals surface area (Å²) in [7, 11) is 0. The minimum atomic E-state index is -0.250. The van der Waals surface area contributed by atoms with Gasteiger partial charge in [0.1, 0.15) is 0 Å². The van der Waals surface area contributed by atoms with E-state index in [0.717, 1.165) is 6.42 Å². The molecule has 1 nitrogen and oxygen atoms in total. The number of hydrogen-bond donors (Lipinski definition) is 0. The number of allylic oxidation sites excluding steroid dienone is 4. The van der Waals surface area contributed by atoms with Gasteiger partial charge in [0.15, 0.2) is 0 Å². The summed E-state index contributed by atoms with van der Waals surface area (Å²) < 4.78 is 0. The van der Waals surface area contributed by atoms with Gasteiger partial charge >= 0.3 is 21.7 Å². The average Bonchev–Trinajstić information content (AvgIpc) is 2.68. The van der Waals surface area contributed by atoms with E-state index in [1.165, 1.54) is 27.8 Å². The van der Waals surface area contributed by atoms with Crippen LogP contribution in [-0.4, -0.2) is 5.54 Å². The van der Waals surface area contributed by atoms with Crippen LogP contribution in [0.3, 0.4) is 0 Å². The van der Waals surface area contributed by atoms with Gasteiger partial charge in [0, 0.05) is 0 Å². The number of benzene rings is 1. The maximum atomic E-state index is 6.94. The molecular formula is C19H27Cl2NTi-2. The average molecular weight is 388 g/mol. The van der Waals surface area contributed by atoms with E-state index >= 15 is 0 Å². The molecule has 1 aromatic rings. The Bertz CT molecular complexity index is 522. The van der Waals surface area contributed by atoms with Gasteiger partial charge in [-0.25, -0.2) is 0 Å². The van der Waals surface area contributed by atoms with Crippen molar-refractivity contribution in [2.75, 3.05) is 0 Å². The third-order valence-corrected chi connectivity index (χ3v) is 3.25. The van der Waals surface area contributed by atoms with Gasteiger partial charge in [-0.2, -0.15) is 18.1 Å². The number of hydrogen-bond acceptors (Lipinski definition) is 0. The molecule has 0 unspecified atom stereocenters. The first-order valence-electron chi connectivity index (χ1n) is 7.24. The molecule has 2 rings (SSSR count). The molecule has 1 N–H and O–H groups in total. The predicted octanol–water partition coefficient (Wildman–Crippen LogP) is 0.225. The fourth-order valence-electron chi connectivity index (χ4n) is 2.13. The van der Waals surface area contributed by atoms with Gasteiger partial charge in [-0.15, -0.1) is 23.2 Å². The second kappa shape index (κ2) is 12.2. The minimum Gasteiger partial charge on any atom is -1.00 e. The summed E-state index contributed by atoms with van der Waals surface area (Å²) in [5, 5.41) is 0. The van der Waals surface area contributed by atoms with Gasteiger partial charge in [0.2, 0.25) is 0 Å². The SMILES string of the molecule is CC(C)(C)[NH-].C[CH-]c1ccccc1C1=C(C)C(C)=CC1.[Cl-].[Cl-].[Ti+2]. The van der Waals surface area contributed by atoms with Crippen molar-refractivity contribution in [1.29, 1.82) is 0 Å². The maximum absolute atomic E-state index is 6.94. The molecule has 0 saturated heterocycles. The van der Waals surface area contributed by atoms with Crippen molar-refractivity contribution in [3.05, 3.63) is 64.8 Å². The van der Waals surface area contributed by atoms with Gasteiger partial charge < -0.3 is 30.5 Å². The van der Waals surface area contributed by atoms with E-state index in [1.54, 1.807) is 0 Å². The Morgan fingerprint density at radius 3 is 1.91 bits per heavy atom. The smallest absolute Gasteiger partial charge is 1.00 e. The summed E-state index contributed by atoms with van der Waals surface area (Å²) >= 11 is 0. The van der Waals surface area contributed by atoms with Crippen molar-refractivity contribution in [3.8, 4) is 0 Å². The van der Waals surface area contributed by atoms with E-state index in [0.29, 0.717) is 0 Å². The number of rotatable bonds is 2. The van der Waals surface area contributed by atoms with E-state index in [9.17, 15) is 0 Å². The van der Waals surface area contributed by atoms with Gasteiger partial charge in [-0.3, -0.25) is 0 Å². The van der Waals surface area contributed by atoms with Gasteiger partial charge in [-0.1, -0.05) is 56.6 Å². The van der Waals surface area contributed by atoms with Crippen molar-refractivity contribution >= 4 is 5.57 Å². The molecule has 23 heavy (non-hydrogen) atoms. The molecule has 0 heterocycles. The molecule has 0 radical (unpaired) electrons. The largest absolute Gasteiger partial charge is 2.00 e. The van der Waals surface area contributed by atoms with Crippen LogP contribution >= 0.6 is 0 Å². The molecule has 0 amide bonds. The molecule has 0 spiro atoms. The second-order valence-corrected chi connectivity index (χ2v) is 6.32. The van der Waals surface area contributed by atoms with Crippen molar-refractivity contribution in [1.82, 2.24) is 0 Å². The molecule has 0 fully saturated rings. The predicted molar refractivity (Wildman–Crippen MR) is 90.6 cm³/mol. The van der Waals surface area contributed by atoms with Crippen LogP contribution in [0.5, 0.6) is 0 Å². The summed E-state index contributed by atoms with van der Waals surface area (Å²) in [6.07, 6.45) is 5.59. The van der Waals surface area contributed by atoms with Crippen LogP contribution in [0.25, 0.3) is 11.3 Å². The van der Waals surface area contributed by atoms with Gasteiger partial charge in [0.25, 0.3) is 0 Å². The zero-order valence-corrected chi connectivity index (χ0v) is 18.0. The molecule has 4 heteroatoms. The minimum absolute atomic E-state index is 0.